The highest BCUT2D eigenvalue weighted by atomic mass is 19.4. The summed E-state index contributed by atoms with van der Waals surface area (Å²) >= 11 is 0. The number of hydrogen-bond donors (Lipinski definition) is 2. The molecule has 27 heavy (non-hydrogen) atoms. The van der Waals surface area contributed by atoms with Crippen LogP contribution in [0.3, 0.4) is 0 Å². The molecule has 1 heterocycles. The van der Waals surface area contributed by atoms with E-state index in [1.165, 1.54) is 18.2 Å². The van der Waals surface area contributed by atoms with Crippen molar-refractivity contribution in [2.45, 2.75) is 12.7 Å². The van der Waals surface area contributed by atoms with Crippen LogP contribution in [0.2, 0.25) is 0 Å². The number of rotatable bonds is 6. The van der Waals surface area contributed by atoms with Gasteiger partial charge in [0.2, 0.25) is 5.91 Å². The average Bonchev–Trinajstić information content (AvgIpc) is 2.61. The molecule has 0 unspecified atom stereocenters. The topological polar surface area (TPSA) is 80.2 Å². The van der Waals surface area contributed by atoms with Crippen molar-refractivity contribution >= 4 is 17.5 Å². The lowest BCUT2D eigenvalue weighted by Gasteiger charge is -2.13. The Morgan fingerprint density at radius 2 is 1.85 bits per heavy atom. The van der Waals surface area contributed by atoms with Gasteiger partial charge in [0.15, 0.2) is 0 Å². The molecule has 0 radical (unpaired) electrons. The first-order chi connectivity index (χ1) is 12.7. The van der Waals surface area contributed by atoms with Gasteiger partial charge < -0.3 is 15.2 Å². The van der Waals surface area contributed by atoms with Crippen LogP contribution in [-0.4, -0.2) is 22.9 Å². The predicted molar refractivity (Wildman–Crippen MR) is 93.3 cm³/mol. The molecule has 0 atom stereocenters. The average molecular weight is 379 g/mol. The number of benzene rings is 1. The Morgan fingerprint density at radius 1 is 1.15 bits per heavy atom. The minimum Gasteiger partial charge on any atom is -0.349 e. The van der Waals surface area contributed by atoms with Gasteiger partial charge in [-0.15, -0.1) is 6.58 Å². The van der Waals surface area contributed by atoms with Crippen LogP contribution in [0, 0.1) is 0 Å². The van der Waals surface area contributed by atoms with Gasteiger partial charge in [-0.05, 0) is 24.3 Å². The van der Waals surface area contributed by atoms with Crippen LogP contribution in [0.15, 0.2) is 60.0 Å². The maximum atomic E-state index is 12.8. The van der Waals surface area contributed by atoms with E-state index in [4.69, 9.17) is 0 Å². The molecule has 9 heteroatoms. The fraction of sp³-hybridized carbons (Fsp3) is 0.167. The second kappa shape index (κ2) is 8.35. The predicted octanol–water partition coefficient (Wildman–Crippen LogP) is 2.42. The maximum absolute atomic E-state index is 12.8. The van der Waals surface area contributed by atoms with Crippen molar-refractivity contribution < 1.29 is 22.8 Å². The van der Waals surface area contributed by atoms with Crippen LogP contribution in [0.25, 0.3) is 0 Å². The highest BCUT2D eigenvalue weighted by Gasteiger charge is 2.34. The van der Waals surface area contributed by atoms with E-state index in [1.54, 1.807) is 12.1 Å². The maximum Gasteiger partial charge on any atom is 0.421 e. The Balaban J connectivity index is 2.19. The zero-order chi connectivity index (χ0) is 20.0. The third kappa shape index (κ3) is 5.06. The summed E-state index contributed by atoms with van der Waals surface area (Å²) in [6, 6.07) is 7.80. The number of nitrogens with zero attached hydrogens (tertiary/aromatic N) is 1. The Bertz CT molecular complexity index is 920. The number of halogens is 3. The van der Waals surface area contributed by atoms with Crippen LogP contribution in [-0.2, 0) is 17.5 Å². The standard InChI is InChI=1S/C18H16F3N3O3/c1-2-9-22-16(26)12-6-3-4-8-14(12)23-15(25)11-24-10-5-7-13(17(24)27)18(19,20)21/h2-8,10H,1,9,11H2,(H,22,26)(H,23,25). The molecule has 1 aromatic carbocycles. The summed E-state index contributed by atoms with van der Waals surface area (Å²) in [7, 11) is 0. The molecule has 6 nitrogen and oxygen atoms in total. The van der Waals surface area contributed by atoms with E-state index >= 15 is 0 Å². The highest BCUT2D eigenvalue weighted by molar-refractivity contribution is 6.03. The van der Waals surface area contributed by atoms with Crippen molar-refractivity contribution in [1.82, 2.24) is 9.88 Å². The molecule has 0 saturated heterocycles. The Hall–Kier alpha value is -3.36. The first kappa shape index (κ1) is 20.0. The summed E-state index contributed by atoms with van der Waals surface area (Å²) in [5.41, 5.74) is -2.34. The highest BCUT2D eigenvalue weighted by Crippen LogP contribution is 2.26. The molecular formula is C18H16F3N3O3. The van der Waals surface area contributed by atoms with Crippen molar-refractivity contribution in [2.75, 3.05) is 11.9 Å². The van der Waals surface area contributed by atoms with Gasteiger partial charge in [0.1, 0.15) is 12.1 Å². The molecular weight excluding hydrogens is 363 g/mol. The number of nitrogens with one attached hydrogen (secondary N) is 2. The smallest absolute Gasteiger partial charge is 0.349 e. The van der Waals surface area contributed by atoms with Crippen molar-refractivity contribution in [2.24, 2.45) is 0 Å². The number of para-hydroxylation sites is 1. The molecule has 0 aliphatic rings. The van der Waals surface area contributed by atoms with Crippen molar-refractivity contribution in [1.29, 1.82) is 0 Å². The summed E-state index contributed by atoms with van der Waals surface area (Å²) in [6.07, 6.45) is -2.24. The van der Waals surface area contributed by atoms with E-state index < -0.39 is 35.7 Å². The summed E-state index contributed by atoms with van der Waals surface area (Å²) in [4.78, 5) is 36.2. The number of pyridine rings is 1. The molecule has 2 aromatic rings. The molecule has 0 saturated carbocycles. The first-order valence-corrected chi connectivity index (χ1v) is 7.78. The summed E-state index contributed by atoms with van der Waals surface area (Å²) in [6.45, 7) is 3.07. The van der Waals surface area contributed by atoms with Crippen molar-refractivity contribution in [3.63, 3.8) is 0 Å². The number of aromatic nitrogens is 1. The summed E-state index contributed by atoms with van der Waals surface area (Å²) < 4.78 is 39.0. The molecule has 0 fully saturated rings. The molecule has 2 amide bonds. The van der Waals surface area contributed by atoms with Crippen molar-refractivity contribution in [3.8, 4) is 0 Å². The molecule has 0 bridgehead atoms. The number of amides is 2. The number of carbonyl (C=O) groups is 2. The van der Waals surface area contributed by atoms with E-state index in [2.05, 4.69) is 17.2 Å². The summed E-state index contributed by atoms with van der Waals surface area (Å²) in [5.74, 6) is -1.21. The molecule has 0 aliphatic carbocycles. The third-order valence-electron chi connectivity index (χ3n) is 3.49. The van der Waals surface area contributed by atoms with Gasteiger partial charge in [-0.25, -0.2) is 0 Å². The fourth-order valence-electron chi connectivity index (χ4n) is 2.27. The molecule has 2 N–H and O–H groups in total. The normalized spacial score (nSPS) is 10.9. The van der Waals surface area contributed by atoms with E-state index in [0.717, 1.165) is 12.3 Å². The van der Waals surface area contributed by atoms with E-state index in [1.807, 2.05) is 0 Å². The number of hydrogen-bond acceptors (Lipinski definition) is 3. The van der Waals surface area contributed by atoms with Gasteiger partial charge in [0.25, 0.3) is 11.5 Å². The SMILES string of the molecule is C=CCNC(=O)c1ccccc1NC(=O)Cn1cccc(C(F)(F)F)c1=O. The monoisotopic (exact) mass is 379 g/mol. The van der Waals surface area contributed by atoms with E-state index in [9.17, 15) is 27.6 Å². The number of carbonyl (C=O) groups excluding carboxylic acids is 2. The number of anilines is 1. The third-order valence-corrected chi connectivity index (χ3v) is 3.49. The minimum absolute atomic E-state index is 0.170. The lowest BCUT2D eigenvalue weighted by Crippen LogP contribution is -2.32. The first-order valence-electron chi connectivity index (χ1n) is 7.78. The lowest BCUT2D eigenvalue weighted by molar-refractivity contribution is -0.139. The Morgan fingerprint density at radius 3 is 2.52 bits per heavy atom. The second-order valence-corrected chi connectivity index (χ2v) is 5.45. The molecule has 2 rings (SSSR count). The zero-order valence-electron chi connectivity index (χ0n) is 14.0. The van der Waals surface area contributed by atoms with Gasteiger partial charge in [-0.3, -0.25) is 14.4 Å². The number of alkyl halides is 3. The molecule has 0 aliphatic heterocycles. The largest absolute Gasteiger partial charge is 0.421 e. The lowest BCUT2D eigenvalue weighted by atomic mass is 10.1. The Kier molecular flexibility index (Phi) is 6.17. The van der Waals surface area contributed by atoms with E-state index in [0.29, 0.717) is 10.6 Å². The van der Waals surface area contributed by atoms with Gasteiger partial charge >= 0.3 is 6.18 Å². The zero-order valence-corrected chi connectivity index (χ0v) is 14.0. The van der Waals surface area contributed by atoms with Crippen molar-refractivity contribution in [3.05, 3.63) is 76.7 Å². The van der Waals surface area contributed by atoms with Crippen LogP contribution in [0.5, 0.6) is 0 Å². The van der Waals surface area contributed by atoms with Crippen LogP contribution in [0.4, 0.5) is 18.9 Å². The van der Waals surface area contributed by atoms with E-state index in [-0.39, 0.29) is 17.8 Å². The van der Waals surface area contributed by atoms with Crippen LogP contribution >= 0.6 is 0 Å². The molecule has 0 spiro atoms. The molecule has 1 aromatic heterocycles. The second-order valence-electron chi connectivity index (χ2n) is 5.45. The Labute approximate surface area is 152 Å². The summed E-state index contributed by atoms with van der Waals surface area (Å²) in [5, 5.41) is 4.99. The van der Waals surface area contributed by atoms with Gasteiger partial charge in [-0.1, -0.05) is 18.2 Å². The minimum atomic E-state index is -4.81. The van der Waals surface area contributed by atoms with Gasteiger partial charge in [0, 0.05) is 12.7 Å². The van der Waals surface area contributed by atoms with Crippen LogP contribution < -0.4 is 16.2 Å². The quantitative estimate of drug-likeness (QED) is 0.757. The molecule has 142 valence electrons. The van der Waals surface area contributed by atoms with Gasteiger partial charge in [-0.2, -0.15) is 13.2 Å². The van der Waals surface area contributed by atoms with Gasteiger partial charge in [0.05, 0.1) is 11.3 Å². The fourth-order valence-corrected chi connectivity index (χ4v) is 2.27. The van der Waals surface area contributed by atoms with Crippen LogP contribution in [0.1, 0.15) is 15.9 Å².